The van der Waals surface area contributed by atoms with Crippen LogP contribution in [0.2, 0.25) is 0 Å². The van der Waals surface area contributed by atoms with Gasteiger partial charge in [-0.15, -0.1) is 0 Å². The van der Waals surface area contributed by atoms with Crippen LogP contribution in [0.25, 0.3) is 10.9 Å². The maximum atomic E-state index is 12.2. The number of benzene rings is 1. The molecule has 3 rings (SSSR count). The summed E-state index contributed by atoms with van der Waals surface area (Å²) in [4.78, 5) is 33.4. The van der Waals surface area contributed by atoms with Gasteiger partial charge in [0.2, 0.25) is 0 Å². The predicted molar refractivity (Wildman–Crippen MR) is 85.0 cm³/mol. The summed E-state index contributed by atoms with van der Waals surface area (Å²) in [6.07, 6.45) is 2.26. The normalized spacial score (nSPS) is 18.7. The number of amides is 1. The van der Waals surface area contributed by atoms with Gasteiger partial charge in [-0.2, -0.15) is 0 Å². The summed E-state index contributed by atoms with van der Waals surface area (Å²) in [6, 6.07) is 7.38. The van der Waals surface area contributed by atoms with Gasteiger partial charge in [0, 0.05) is 12.6 Å². The number of likely N-dealkylation sites (tertiary alicyclic amines) is 1. The molecule has 1 fully saturated rings. The lowest BCUT2D eigenvalue weighted by Crippen LogP contribution is -2.40. The molecule has 0 bridgehead atoms. The molecule has 0 unspecified atom stereocenters. The molecule has 1 aliphatic heterocycles. The van der Waals surface area contributed by atoms with Crippen LogP contribution in [0.5, 0.6) is 0 Å². The van der Waals surface area contributed by atoms with Crippen LogP contribution in [-0.2, 0) is 0 Å². The average molecular weight is 300 g/mol. The number of aromatic amines is 1. The zero-order valence-corrected chi connectivity index (χ0v) is 12.6. The Morgan fingerprint density at radius 3 is 3.09 bits per heavy atom. The Labute approximate surface area is 128 Å². The highest BCUT2D eigenvalue weighted by molar-refractivity contribution is 5.92. The fourth-order valence-corrected chi connectivity index (χ4v) is 3.03. The third kappa shape index (κ3) is 2.87. The summed E-state index contributed by atoms with van der Waals surface area (Å²) in [5, 5.41) is 3.38. The highest BCUT2D eigenvalue weighted by atomic mass is 16.2. The van der Waals surface area contributed by atoms with Gasteiger partial charge in [-0.05, 0) is 38.1 Å². The van der Waals surface area contributed by atoms with Crippen molar-refractivity contribution < 1.29 is 4.79 Å². The fourth-order valence-electron chi connectivity index (χ4n) is 3.03. The minimum absolute atomic E-state index is 0.0738. The van der Waals surface area contributed by atoms with E-state index in [0.29, 0.717) is 23.5 Å². The van der Waals surface area contributed by atoms with Crippen molar-refractivity contribution in [3.63, 3.8) is 0 Å². The molecule has 2 aromatic rings. The fraction of sp³-hybridized carbons (Fsp3) is 0.438. The zero-order valence-electron chi connectivity index (χ0n) is 12.6. The van der Waals surface area contributed by atoms with Crippen molar-refractivity contribution >= 4 is 16.8 Å². The number of carbonyl (C=O) groups excluding carboxylic acids is 1. The summed E-state index contributed by atoms with van der Waals surface area (Å²) in [6.45, 7) is 4.79. The number of likely N-dealkylation sites (N-methyl/N-ethyl adjacent to an activating group) is 1. The maximum Gasteiger partial charge on any atom is 0.287 e. The highest BCUT2D eigenvalue weighted by Crippen LogP contribution is 2.15. The summed E-state index contributed by atoms with van der Waals surface area (Å²) in [7, 11) is 0. The molecule has 0 saturated carbocycles. The summed E-state index contributed by atoms with van der Waals surface area (Å²) in [5.41, 5.74) is 0.249. The van der Waals surface area contributed by atoms with Crippen molar-refractivity contribution in [2.24, 2.45) is 0 Å². The number of carbonyl (C=O) groups is 1. The molecule has 1 aromatic carbocycles. The minimum atomic E-state index is -0.328. The molecule has 0 radical (unpaired) electrons. The van der Waals surface area contributed by atoms with Crippen LogP contribution >= 0.6 is 0 Å². The van der Waals surface area contributed by atoms with Crippen molar-refractivity contribution in [1.82, 2.24) is 20.2 Å². The van der Waals surface area contributed by atoms with Crippen LogP contribution in [0.4, 0.5) is 0 Å². The molecule has 1 saturated heterocycles. The van der Waals surface area contributed by atoms with E-state index in [0.717, 1.165) is 19.5 Å². The van der Waals surface area contributed by atoms with E-state index in [4.69, 9.17) is 0 Å². The number of nitrogens with one attached hydrogen (secondary N) is 2. The van der Waals surface area contributed by atoms with Gasteiger partial charge in [0.1, 0.15) is 0 Å². The van der Waals surface area contributed by atoms with Crippen LogP contribution in [0.3, 0.4) is 0 Å². The molecule has 1 aromatic heterocycles. The molecule has 2 N–H and O–H groups in total. The van der Waals surface area contributed by atoms with Crippen LogP contribution in [0.15, 0.2) is 29.1 Å². The minimum Gasteiger partial charge on any atom is -0.348 e. The number of aromatic nitrogens is 2. The molecule has 1 amide bonds. The third-order valence-corrected chi connectivity index (χ3v) is 4.23. The Bertz CT molecular complexity index is 740. The van der Waals surface area contributed by atoms with Crippen molar-refractivity contribution in [2.75, 3.05) is 19.6 Å². The molecule has 0 aliphatic carbocycles. The standard InChI is InChI=1S/C16H20N4O2/c1-2-20-9-5-6-11(20)10-17-16(22)14-18-13-8-4-3-7-12(13)15(21)19-14/h3-4,7-8,11H,2,5-6,9-10H2,1H3,(H,17,22)(H,18,19,21)/t11-/m1/s1. The second-order valence-electron chi connectivity index (χ2n) is 5.57. The first-order valence-corrected chi connectivity index (χ1v) is 7.70. The quantitative estimate of drug-likeness (QED) is 0.887. The number of hydrogen-bond acceptors (Lipinski definition) is 4. The zero-order chi connectivity index (χ0) is 15.5. The van der Waals surface area contributed by atoms with Crippen LogP contribution < -0.4 is 10.9 Å². The second-order valence-corrected chi connectivity index (χ2v) is 5.57. The molecule has 6 heteroatoms. The van der Waals surface area contributed by atoms with E-state index < -0.39 is 0 Å². The number of rotatable bonds is 4. The lowest BCUT2D eigenvalue weighted by atomic mass is 10.2. The molecule has 0 spiro atoms. The molecule has 1 atom stereocenters. The van der Waals surface area contributed by atoms with Crippen molar-refractivity contribution in [3.05, 3.63) is 40.4 Å². The molecular weight excluding hydrogens is 280 g/mol. The van der Waals surface area contributed by atoms with E-state index in [1.165, 1.54) is 6.42 Å². The van der Waals surface area contributed by atoms with Gasteiger partial charge in [0.05, 0.1) is 10.9 Å². The topological polar surface area (TPSA) is 78.1 Å². The molecule has 116 valence electrons. The van der Waals surface area contributed by atoms with Crippen LogP contribution in [-0.4, -0.2) is 46.5 Å². The first-order valence-electron chi connectivity index (χ1n) is 7.70. The van der Waals surface area contributed by atoms with Gasteiger partial charge in [-0.25, -0.2) is 4.98 Å². The number of fused-ring (bicyclic) bond motifs is 1. The van der Waals surface area contributed by atoms with E-state index in [2.05, 4.69) is 27.1 Å². The average Bonchev–Trinajstić information content (AvgIpc) is 3.00. The van der Waals surface area contributed by atoms with Gasteiger partial charge in [-0.3, -0.25) is 14.5 Å². The van der Waals surface area contributed by atoms with Crippen molar-refractivity contribution in [2.45, 2.75) is 25.8 Å². The summed E-state index contributed by atoms with van der Waals surface area (Å²) < 4.78 is 0. The number of hydrogen-bond donors (Lipinski definition) is 2. The first kappa shape index (κ1) is 14.7. The maximum absolute atomic E-state index is 12.2. The van der Waals surface area contributed by atoms with Crippen LogP contribution in [0, 0.1) is 0 Å². The molecule has 2 heterocycles. The number of H-pyrrole nitrogens is 1. The van der Waals surface area contributed by atoms with Crippen LogP contribution in [0.1, 0.15) is 30.4 Å². The Morgan fingerprint density at radius 1 is 1.45 bits per heavy atom. The first-order chi connectivity index (χ1) is 10.7. The number of nitrogens with zero attached hydrogens (tertiary/aromatic N) is 2. The van der Waals surface area contributed by atoms with Gasteiger partial charge >= 0.3 is 0 Å². The smallest absolute Gasteiger partial charge is 0.287 e. The van der Waals surface area contributed by atoms with E-state index in [1.54, 1.807) is 24.3 Å². The lowest BCUT2D eigenvalue weighted by molar-refractivity contribution is 0.0931. The monoisotopic (exact) mass is 300 g/mol. The molecule has 22 heavy (non-hydrogen) atoms. The summed E-state index contributed by atoms with van der Waals surface area (Å²) >= 11 is 0. The van der Waals surface area contributed by atoms with Gasteiger partial charge in [0.25, 0.3) is 11.5 Å². The van der Waals surface area contributed by atoms with Gasteiger partial charge < -0.3 is 10.3 Å². The second kappa shape index (κ2) is 6.27. The third-order valence-electron chi connectivity index (χ3n) is 4.23. The molecular formula is C16H20N4O2. The van der Waals surface area contributed by atoms with Crippen molar-refractivity contribution in [1.29, 1.82) is 0 Å². The Balaban J connectivity index is 1.74. The Kier molecular flexibility index (Phi) is 4.20. The number of para-hydroxylation sites is 1. The SMILES string of the molecule is CCN1CCC[C@@H]1CNC(=O)c1nc2ccccc2c(=O)[nH]1. The molecule has 6 nitrogen and oxygen atoms in total. The van der Waals surface area contributed by atoms with E-state index in [-0.39, 0.29) is 17.3 Å². The highest BCUT2D eigenvalue weighted by Gasteiger charge is 2.23. The van der Waals surface area contributed by atoms with Gasteiger partial charge in [0.15, 0.2) is 5.82 Å². The van der Waals surface area contributed by atoms with Crippen molar-refractivity contribution in [3.8, 4) is 0 Å². The summed E-state index contributed by atoms with van der Waals surface area (Å²) in [5.74, 6) is -0.254. The van der Waals surface area contributed by atoms with E-state index in [9.17, 15) is 9.59 Å². The van der Waals surface area contributed by atoms with Gasteiger partial charge in [-0.1, -0.05) is 19.1 Å². The van der Waals surface area contributed by atoms with E-state index in [1.807, 2.05) is 0 Å². The lowest BCUT2D eigenvalue weighted by Gasteiger charge is -2.22. The largest absolute Gasteiger partial charge is 0.348 e. The molecule has 1 aliphatic rings. The van der Waals surface area contributed by atoms with E-state index >= 15 is 0 Å². The Hall–Kier alpha value is -2.21. The predicted octanol–water partition coefficient (Wildman–Crippen LogP) is 1.14. The Morgan fingerprint density at radius 2 is 2.27 bits per heavy atom.